The summed E-state index contributed by atoms with van der Waals surface area (Å²) in [6.45, 7) is 3.78. The first-order valence-electron chi connectivity index (χ1n) is 5.20. The van der Waals surface area contributed by atoms with Gasteiger partial charge in [0.2, 0.25) is 0 Å². The molecule has 0 aliphatic rings. The molecule has 92 valence electrons. The monoisotopic (exact) mass is 264 g/mol. The fraction of sp³-hybridized carbons (Fsp3) is 0.700. The Morgan fingerprint density at radius 2 is 2.31 bits per heavy atom. The Hall–Kier alpha value is -0.200. The van der Waals surface area contributed by atoms with Crippen molar-refractivity contribution in [1.29, 1.82) is 0 Å². The van der Waals surface area contributed by atoms with E-state index in [4.69, 9.17) is 21.1 Å². The molecule has 0 unspecified atom stereocenters. The van der Waals surface area contributed by atoms with Gasteiger partial charge in [-0.25, -0.2) is 4.98 Å². The van der Waals surface area contributed by atoms with Crippen LogP contribution in [0.1, 0.15) is 11.4 Å². The van der Waals surface area contributed by atoms with Crippen LogP contribution in [0.15, 0.2) is 6.20 Å². The number of hydrogen-bond acceptors (Lipinski definition) is 5. The van der Waals surface area contributed by atoms with Crippen molar-refractivity contribution in [2.75, 3.05) is 33.5 Å². The largest absolute Gasteiger partial charge is 0.382 e. The Bertz CT molecular complexity index is 284. The van der Waals surface area contributed by atoms with Crippen LogP contribution in [-0.2, 0) is 16.0 Å². The normalized spacial score (nSPS) is 10.9. The number of nitrogens with zero attached hydrogens (tertiary/aromatic N) is 1. The van der Waals surface area contributed by atoms with Gasteiger partial charge in [0.05, 0.1) is 19.4 Å². The number of aromatic nitrogens is 1. The number of halogens is 1. The van der Waals surface area contributed by atoms with Gasteiger partial charge in [0.1, 0.15) is 9.34 Å². The zero-order chi connectivity index (χ0) is 11.6. The summed E-state index contributed by atoms with van der Waals surface area (Å²) in [6, 6.07) is 0. The number of nitrogens with one attached hydrogen (secondary N) is 1. The Balaban J connectivity index is 1.88. The molecule has 4 nitrogen and oxygen atoms in total. The van der Waals surface area contributed by atoms with Crippen molar-refractivity contribution in [2.45, 2.75) is 13.0 Å². The third-order valence-corrected chi connectivity index (χ3v) is 2.99. The second-order valence-corrected chi connectivity index (χ2v) is 4.94. The first kappa shape index (κ1) is 13.9. The van der Waals surface area contributed by atoms with Crippen molar-refractivity contribution < 1.29 is 9.47 Å². The van der Waals surface area contributed by atoms with E-state index >= 15 is 0 Å². The molecule has 0 aliphatic heterocycles. The molecule has 1 N–H and O–H groups in total. The van der Waals surface area contributed by atoms with E-state index in [1.165, 1.54) is 11.3 Å². The van der Waals surface area contributed by atoms with Crippen molar-refractivity contribution >= 4 is 22.9 Å². The molecular formula is C10H17ClN2O2S. The van der Waals surface area contributed by atoms with E-state index in [1.807, 2.05) is 0 Å². The maximum Gasteiger partial charge on any atom is 0.113 e. The summed E-state index contributed by atoms with van der Waals surface area (Å²) in [7, 11) is 1.67. The lowest BCUT2D eigenvalue weighted by Crippen LogP contribution is -2.16. The average Bonchev–Trinajstić information content (AvgIpc) is 2.68. The molecule has 0 aromatic carbocycles. The minimum Gasteiger partial charge on any atom is -0.382 e. The highest BCUT2D eigenvalue weighted by atomic mass is 35.5. The lowest BCUT2D eigenvalue weighted by Gasteiger charge is -2.04. The summed E-state index contributed by atoms with van der Waals surface area (Å²) in [6.07, 6.45) is 2.67. The molecule has 16 heavy (non-hydrogen) atoms. The number of methoxy groups -OCH3 is 1. The zero-order valence-electron chi connectivity index (χ0n) is 9.37. The SMILES string of the molecule is COCCOCCCNCc1ncc(Cl)s1. The molecule has 0 amide bonds. The molecule has 1 aromatic heterocycles. The molecule has 1 rings (SSSR count). The smallest absolute Gasteiger partial charge is 0.113 e. The van der Waals surface area contributed by atoms with Crippen LogP contribution in [0.3, 0.4) is 0 Å². The van der Waals surface area contributed by atoms with Gasteiger partial charge in [-0.3, -0.25) is 0 Å². The van der Waals surface area contributed by atoms with Crippen LogP contribution in [0.2, 0.25) is 4.34 Å². The van der Waals surface area contributed by atoms with Crippen molar-refractivity contribution in [3.63, 3.8) is 0 Å². The van der Waals surface area contributed by atoms with E-state index in [0.717, 1.165) is 35.5 Å². The van der Waals surface area contributed by atoms with E-state index in [9.17, 15) is 0 Å². The fourth-order valence-corrected chi connectivity index (χ4v) is 2.03. The van der Waals surface area contributed by atoms with Gasteiger partial charge in [0, 0.05) is 20.3 Å². The van der Waals surface area contributed by atoms with E-state index in [0.29, 0.717) is 13.2 Å². The third kappa shape index (κ3) is 6.40. The number of thiazole rings is 1. The van der Waals surface area contributed by atoms with Crippen molar-refractivity contribution in [1.82, 2.24) is 10.3 Å². The van der Waals surface area contributed by atoms with Crippen molar-refractivity contribution in [3.8, 4) is 0 Å². The first-order chi connectivity index (χ1) is 7.83. The van der Waals surface area contributed by atoms with Gasteiger partial charge in [0.25, 0.3) is 0 Å². The molecule has 0 saturated heterocycles. The second-order valence-electron chi connectivity index (χ2n) is 3.19. The van der Waals surface area contributed by atoms with E-state index in [-0.39, 0.29) is 0 Å². The van der Waals surface area contributed by atoms with Crippen molar-refractivity contribution in [3.05, 3.63) is 15.5 Å². The summed E-state index contributed by atoms with van der Waals surface area (Å²) in [5, 5.41) is 4.30. The summed E-state index contributed by atoms with van der Waals surface area (Å²) >= 11 is 7.27. The lowest BCUT2D eigenvalue weighted by molar-refractivity contribution is 0.0695. The van der Waals surface area contributed by atoms with E-state index in [2.05, 4.69) is 10.3 Å². The molecule has 0 spiro atoms. The van der Waals surface area contributed by atoms with Crippen LogP contribution in [0, 0.1) is 0 Å². The Morgan fingerprint density at radius 3 is 3.00 bits per heavy atom. The number of rotatable bonds is 9. The summed E-state index contributed by atoms with van der Waals surface area (Å²) in [4.78, 5) is 4.15. The van der Waals surface area contributed by atoms with Gasteiger partial charge in [-0.1, -0.05) is 11.6 Å². The van der Waals surface area contributed by atoms with Gasteiger partial charge in [-0.05, 0) is 13.0 Å². The zero-order valence-corrected chi connectivity index (χ0v) is 10.9. The van der Waals surface area contributed by atoms with Crippen LogP contribution < -0.4 is 5.32 Å². The third-order valence-electron chi connectivity index (χ3n) is 1.88. The summed E-state index contributed by atoms with van der Waals surface area (Å²) in [5.41, 5.74) is 0. The van der Waals surface area contributed by atoms with E-state index < -0.39 is 0 Å². The van der Waals surface area contributed by atoms with Crippen LogP contribution in [-0.4, -0.2) is 38.5 Å². The standard InChI is InChI=1S/C10H17ClN2O2S/c1-14-5-6-15-4-2-3-12-8-10-13-7-9(11)16-10/h7,12H,2-6,8H2,1H3. The molecule has 0 bridgehead atoms. The molecule has 0 aliphatic carbocycles. The molecule has 1 heterocycles. The maximum absolute atomic E-state index is 5.77. The quantitative estimate of drug-likeness (QED) is 0.693. The molecule has 6 heteroatoms. The molecule has 0 radical (unpaired) electrons. The first-order valence-corrected chi connectivity index (χ1v) is 6.40. The molecular weight excluding hydrogens is 248 g/mol. The van der Waals surface area contributed by atoms with Gasteiger partial charge >= 0.3 is 0 Å². The maximum atomic E-state index is 5.77. The fourth-order valence-electron chi connectivity index (χ4n) is 1.11. The Morgan fingerprint density at radius 1 is 1.44 bits per heavy atom. The minimum atomic E-state index is 0.658. The van der Waals surface area contributed by atoms with Crippen LogP contribution in [0.25, 0.3) is 0 Å². The molecule has 0 atom stereocenters. The highest BCUT2D eigenvalue weighted by Crippen LogP contribution is 2.17. The average molecular weight is 265 g/mol. The predicted octanol–water partition coefficient (Wildman–Crippen LogP) is 1.94. The molecule has 1 aromatic rings. The van der Waals surface area contributed by atoms with Crippen LogP contribution in [0.5, 0.6) is 0 Å². The molecule has 0 fully saturated rings. The van der Waals surface area contributed by atoms with Gasteiger partial charge in [-0.15, -0.1) is 11.3 Å². The lowest BCUT2D eigenvalue weighted by atomic mass is 10.4. The van der Waals surface area contributed by atoms with Gasteiger partial charge < -0.3 is 14.8 Å². The number of ether oxygens (including phenoxy) is 2. The Kier molecular flexibility index (Phi) is 7.71. The predicted molar refractivity (Wildman–Crippen MR) is 66.1 cm³/mol. The van der Waals surface area contributed by atoms with Gasteiger partial charge in [-0.2, -0.15) is 0 Å². The van der Waals surface area contributed by atoms with Crippen molar-refractivity contribution in [2.24, 2.45) is 0 Å². The Labute approximate surface area is 105 Å². The summed E-state index contributed by atoms with van der Waals surface area (Å²) in [5.74, 6) is 0. The van der Waals surface area contributed by atoms with Gasteiger partial charge in [0.15, 0.2) is 0 Å². The second kappa shape index (κ2) is 8.90. The molecule has 0 saturated carbocycles. The minimum absolute atomic E-state index is 0.658. The number of hydrogen-bond donors (Lipinski definition) is 1. The summed E-state index contributed by atoms with van der Waals surface area (Å²) < 4.78 is 10.9. The topological polar surface area (TPSA) is 43.4 Å². The van der Waals surface area contributed by atoms with Crippen LogP contribution >= 0.6 is 22.9 Å². The van der Waals surface area contributed by atoms with E-state index in [1.54, 1.807) is 13.3 Å². The highest BCUT2D eigenvalue weighted by molar-refractivity contribution is 7.15. The van der Waals surface area contributed by atoms with Crippen LogP contribution in [0.4, 0.5) is 0 Å². The highest BCUT2D eigenvalue weighted by Gasteiger charge is 1.98.